The van der Waals surface area contributed by atoms with Crippen LogP contribution < -0.4 is 16.1 Å². The zero-order valence-electron chi connectivity index (χ0n) is 12.7. The average molecular weight is 295 g/mol. The molecular weight excluding hydrogens is 279 g/mol. The number of nitrogen functional groups attached to an aromatic ring is 1. The van der Waals surface area contributed by atoms with Gasteiger partial charge in [-0.3, -0.25) is 4.98 Å². The maximum absolute atomic E-state index is 5.77. The number of pyridine rings is 1. The zero-order valence-corrected chi connectivity index (χ0v) is 12.7. The van der Waals surface area contributed by atoms with E-state index in [1.807, 2.05) is 33.3 Å². The number of rotatable bonds is 4. The van der Waals surface area contributed by atoms with Crippen molar-refractivity contribution >= 4 is 29.9 Å². The van der Waals surface area contributed by atoms with E-state index < -0.39 is 0 Å². The van der Waals surface area contributed by atoms with Crippen LogP contribution in [-0.4, -0.2) is 39.1 Å². The number of aromatic nitrogens is 5. The van der Waals surface area contributed by atoms with Crippen LogP contribution in [0.5, 0.6) is 5.75 Å². The van der Waals surface area contributed by atoms with Crippen molar-refractivity contribution in [2.75, 3.05) is 12.8 Å². The highest BCUT2D eigenvalue weighted by molar-refractivity contribution is 6.54. The van der Waals surface area contributed by atoms with Crippen molar-refractivity contribution in [1.82, 2.24) is 24.7 Å². The van der Waals surface area contributed by atoms with E-state index in [1.54, 1.807) is 18.0 Å². The van der Waals surface area contributed by atoms with Crippen molar-refractivity contribution in [3.8, 4) is 5.75 Å². The van der Waals surface area contributed by atoms with Gasteiger partial charge in [0, 0.05) is 11.8 Å². The third-order valence-electron chi connectivity index (χ3n) is 3.47. The van der Waals surface area contributed by atoms with Gasteiger partial charge in [-0.25, -0.2) is 9.67 Å². The number of methoxy groups -OCH3 is 1. The topological polar surface area (TPSA) is 91.7 Å². The molecule has 8 heteroatoms. The zero-order chi connectivity index (χ0) is 15.7. The number of fused-ring (bicyclic) bond motifs is 1. The molecule has 0 aliphatic rings. The van der Waals surface area contributed by atoms with Gasteiger partial charge in [-0.2, -0.15) is 10.1 Å². The summed E-state index contributed by atoms with van der Waals surface area (Å²) in [6.07, 6.45) is 3.56. The molecule has 1 radical (unpaired) electrons. The number of nitrogens with zero attached hydrogens (tertiary/aromatic N) is 5. The molecule has 0 aliphatic heterocycles. The first-order valence-corrected chi connectivity index (χ1v) is 6.90. The van der Waals surface area contributed by atoms with Crippen molar-refractivity contribution in [3.63, 3.8) is 0 Å². The highest BCUT2D eigenvalue weighted by Crippen LogP contribution is 2.18. The number of hydrogen-bond acceptors (Lipinski definition) is 6. The van der Waals surface area contributed by atoms with Crippen molar-refractivity contribution < 1.29 is 4.74 Å². The minimum Gasteiger partial charge on any atom is -0.495 e. The van der Waals surface area contributed by atoms with Crippen LogP contribution in [0.4, 0.5) is 5.95 Å². The fraction of sp³-hybridized carbons (Fsp3) is 0.286. The van der Waals surface area contributed by atoms with Crippen LogP contribution in [0.2, 0.25) is 6.82 Å². The predicted octanol–water partition coefficient (Wildman–Crippen LogP) is 0.546. The molecular formula is C14H16BN6O. The van der Waals surface area contributed by atoms with Crippen LogP contribution in [0.25, 0.3) is 11.0 Å². The van der Waals surface area contributed by atoms with Crippen molar-refractivity contribution in [2.24, 2.45) is 0 Å². The van der Waals surface area contributed by atoms with E-state index in [4.69, 9.17) is 10.5 Å². The lowest BCUT2D eigenvalue weighted by atomic mass is 9.76. The Hall–Kier alpha value is -2.64. The molecule has 0 bridgehead atoms. The lowest BCUT2D eigenvalue weighted by Crippen LogP contribution is -2.19. The van der Waals surface area contributed by atoms with Gasteiger partial charge in [-0.15, -0.1) is 0 Å². The third kappa shape index (κ3) is 2.47. The first-order valence-electron chi connectivity index (χ1n) is 6.90. The quantitative estimate of drug-likeness (QED) is 0.707. The summed E-state index contributed by atoms with van der Waals surface area (Å²) in [7, 11) is 3.53. The molecule has 7 nitrogen and oxygen atoms in total. The highest BCUT2D eigenvalue weighted by atomic mass is 16.5. The van der Waals surface area contributed by atoms with Gasteiger partial charge in [-0.05, 0) is 18.6 Å². The van der Waals surface area contributed by atoms with E-state index in [2.05, 4.69) is 20.1 Å². The van der Waals surface area contributed by atoms with Crippen molar-refractivity contribution in [1.29, 1.82) is 0 Å². The summed E-state index contributed by atoms with van der Waals surface area (Å²) in [5.41, 5.74) is 9.10. The second-order valence-electron chi connectivity index (χ2n) is 4.93. The minimum absolute atomic E-state index is 0.238. The number of ether oxygens (including phenoxy) is 1. The Kier molecular flexibility index (Phi) is 3.66. The molecule has 0 amide bonds. The van der Waals surface area contributed by atoms with E-state index in [0.717, 1.165) is 28.0 Å². The second-order valence-corrected chi connectivity index (χ2v) is 4.93. The number of anilines is 1. The lowest BCUT2D eigenvalue weighted by molar-refractivity contribution is 0.408. The first kappa shape index (κ1) is 14.3. The smallest absolute Gasteiger partial charge is 0.221 e. The minimum atomic E-state index is 0.238. The van der Waals surface area contributed by atoms with Crippen LogP contribution in [0.15, 0.2) is 18.5 Å². The Morgan fingerprint density at radius 3 is 2.86 bits per heavy atom. The first-order chi connectivity index (χ1) is 10.6. The van der Waals surface area contributed by atoms with Crippen LogP contribution in [0, 0.1) is 6.92 Å². The van der Waals surface area contributed by atoms with E-state index in [0.29, 0.717) is 12.2 Å². The van der Waals surface area contributed by atoms with Gasteiger partial charge in [0.15, 0.2) is 12.9 Å². The van der Waals surface area contributed by atoms with Crippen molar-refractivity contribution in [2.45, 2.75) is 20.3 Å². The largest absolute Gasteiger partial charge is 0.495 e. The average Bonchev–Trinajstić information content (AvgIpc) is 2.91. The van der Waals surface area contributed by atoms with E-state index in [1.165, 1.54) is 0 Å². The lowest BCUT2D eigenvalue weighted by Gasteiger charge is -2.08. The predicted molar refractivity (Wildman–Crippen MR) is 85.6 cm³/mol. The van der Waals surface area contributed by atoms with E-state index in [9.17, 15) is 0 Å². The molecule has 0 unspecified atom stereocenters. The number of nitrogens with two attached hydrogens (primary N) is 1. The molecule has 0 saturated heterocycles. The van der Waals surface area contributed by atoms with E-state index >= 15 is 0 Å². The van der Waals surface area contributed by atoms with Crippen LogP contribution in [-0.2, 0) is 6.54 Å². The van der Waals surface area contributed by atoms with Crippen LogP contribution >= 0.6 is 0 Å². The van der Waals surface area contributed by atoms with Gasteiger partial charge in [-0.1, -0.05) is 6.82 Å². The van der Waals surface area contributed by atoms with Gasteiger partial charge in [0.05, 0.1) is 30.9 Å². The Bertz CT molecular complexity index is 832. The van der Waals surface area contributed by atoms with Gasteiger partial charge >= 0.3 is 0 Å². The van der Waals surface area contributed by atoms with Crippen LogP contribution in [0.1, 0.15) is 11.3 Å². The fourth-order valence-corrected chi connectivity index (χ4v) is 2.35. The summed E-state index contributed by atoms with van der Waals surface area (Å²) < 4.78 is 7.09. The monoisotopic (exact) mass is 295 g/mol. The summed E-state index contributed by atoms with van der Waals surface area (Å²) in [6, 6.07) is 1.95. The number of aryl methyl sites for hydroxylation is 1. The van der Waals surface area contributed by atoms with E-state index in [-0.39, 0.29) is 5.95 Å². The summed E-state index contributed by atoms with van der Waals surface area (Å²) in [5, 5.41) is 5.27. The molecule has 0 fully saturated rings. The molecule has 0 atom stereocenters. The standard InChI is InChI=1S/C14H16BN6O/c1-8-11(22-3)4-9(5-17-8)7-21-13-10(6-18-21)12(15-2)19-14(16)20-13/h4-6H,7H2,1-3H3,(H2,16,19,20). The normalized spacial score (nSPS) is 10.9. The van der Waals surface area contributed by atoms with Crippen molar-refractivity contribution in [3.05, 3.63) is 29.7 Å². The molecule has 3 aromatic heterocycles. The Morgan fingerprint density at radius 1 is 1.32 bits per heavy atom. The highest BCUT2D eigenvalue weighted by Gasteiger charge is 2.12. The molecule has 22 heavy (non-hydrogen) atoms. The molecule has 2 N–H and O–H groups in total. The molecule has 0 aromatic carbocycles. The maximum Gasteiger partial charge on any atom is 0.221 e. The molecule has 3 aromatic rings. The molecule has 0 saturated carbocycles. The van der Waals surface area contributed by atoms with Crippen LogP contribution in [0.3, 0.4) is 0 Å². The summed E-state index contributed by atoms with van der Waals surface area (Å²) in [5.74, 6) is 0.993. The van der Waals surface area contributed by atoms with Gasteiger partial charge < -0.3 is 10.5 Å². The second kappa shape index (κ2) is 5.63. The van der Waals surface area contributed by atoms with Gasteiger partial charge in [0.25, 0.3) is 0 Å². The molecule has 3 rings (SSSR count). The molecule has 111 valence electrons. The summed E-state index contributed by atoms with van der Waals surface area (Å²) in [6.45, 7) is 4.35. The molecule has 0 aliphatic carbocycles. The van der Waals surface area contributed by atoms with Gasteiger partial charge in [0.1, 0.15) is 5.75 Å². The van der Waals surface area contributed by atoms with Gasteiger partial charge in [0.2, 0.25) is 5.95 Å². The number of hydrogen-bond donors (Lipinski definition) is 1. The SMILES string of the molecule is C[B]c1nc(N)nc2c1cnn2Cc1cnc(C)c(OC)c1. The maximum atomic E-state index is 5.77. The summed E-state index contributed by atoms with van der Waals surface area (Å²) in [4.78, 5) is 12.8. The molecule has 3 heterocycles. The Balaban J connectivity index is 2.02. The third-order valence-corrected chi connectivity index (χ3v) is 3.47. The summed E-state index contributed by atoms with van der Waals surface area (Å²) >= 11 is 0. The Labute approximate surface area is 128 Å². The Morgan fingerprint density at radius 2 is 2.14 bits per heavy atom. The molecule has 0 spiro atoms. The fourth-order valence-electron chi connectivity index (χ4n) is 2.35.